The molecular formula is C22H24N2O2. The van der Waals surface area contributed by atoms with E-state index in [2.05, 4.69) is 24.2 Å². The maximum absolute atomic E-state index is 12.3. The van der Waals surface area contributed by atoms with E-state index in [1.165, 1.54) is 5.56 Å². The van der Waals surface area contributed by atoms with Crippen molar-refractivity contribution in [2.45, 2.75) is 39.3 Å². The third kappa shape index (κ3) is 4.39. The molecule has 0 radical (unpaired) electrons. The molecule has 2 aromatic carbocycles. The summed E-state index contributed by atoms with van der Waals surface area (Å²) < 4.78 is 7.25. The van der Waals surface area contributed by atoms with Crippen molar-refractivity contribution < 1.29 is 9.53 Å². The summed E-state index contributed by atoms with van der Waals surface area (Å²) in [5, 5.41) is 4.67. The van der Waals surface area contributed by atoms with Crippen LogP contribution in [0, 0.1) is 6.92 Å². The third-order valence-corrected chi connectivity index (χ3v) is 4.34. The number of carbonyl (C=O) groups is 1. The fraction of sp³-hybridized carbons (Fsp3) is 0.273. The van der Waals surface area contributed by atoms with Crippen molar-refractivity contribution in [2.24, 2.45) is 0 Å². The molecule has 0 amide bonds. The van der Waals surface area contributed by atoms with Crippen LogP contribution in [0.1, 0.15) is 31.4 Å². The number of aromatic nitrogens is 2. The molecule has 3 aromatic rings. The van der Waals surface area contributed by atoms with E-state index in [1.807, 2.05) is 73.3 Å². The van der Waals surface area contributed by atoms with Gasteiger partial charge in [-0.3, -0.25) is 9.48 Å². The minimum absolute atomic E-state index is 0.230. The second kappa shape index (κ2) is 7.56. The predicted molar refractivity (Wildman–Crippen MR) is 103 cm³/mol. The zero-order valence-corrected chi connectivity index (χ0v) is 15.5. The van der Waals surface area contributed by atoms with Crippen LogP contribution in [0.2, 0.25) is 0 Å². The molecule has 0 saturated heterocycles. The van der Waals surface area contributed by atoms with Gasteiger partial charge in [0.05, 0.1) is 17.7 Å². The number of benzene rings is 2. The first-order chi connectivity index (χ1) is 12.4. The van der Waals surface area contributed by atoms with Crippen LogP contribution in [0.25, 0.3) is 11.3 Å². The third-order valence-electron chi connectivity index (χ3n) is 4.34. The van der Waals surface area contributed by atoms with E-state index in [0.29, 0.717) is 6.61 Å². The topological polar surface area (TPSA) is 44.1 Å². The molecule has 0 N–H and O–H groups in total. The Hall–Kier alpha value is -2.88. The van der Waals surface area contributed by atoms with Gasteiger partial charge in [0.1, 0.15) is 6.61 Å². The first-order valence-electron chi connectivity index (χ1n) is 8.77. The van der Waals surface area contributed by atoms with Crippen molar-refractivity contribution in [3.05, 3.63) is 78.0 Å². The summed E-state index contributed by atoms with van der Waals surface area (Å²) in [6, 6.07) is 19.9. The highest BCUT2D eigenvalue weighted by molar-refractivity contribution is 5.70. The molecule has 1 aromatic heterocycles. The quantitative estimate of drug-likeness (QED) is 0.605. The van der Waals surface area contributed by atoms with Gasteiger partial charge in [-0.15, -0.1) is 0 Å². The summed E-state index contributed by atoms with van der Waals surface area (Å²) in [6.45, 7) is 6.34. The number of esters is 1. The molecule has 0 bridgehead atoms. The Labute approximate surface area is 154 Å². The number of rotatable bonds is 6. The number of aryl methyl sites for hydroxylation is 1. The number of ether oxygens (including phenoxy) is 1. The van der Waals surface area contributed by atoms with E-state index >= 15 is 0 Å². The van der Waals surface area contributed by atoms with Crippen molar-refractivity contribution in [1.29, 1.82) is 0 Å². The molecule has 134 valence electrons. The van der Waals surface area contributed by atoms with Gasteiger partial charge >= 0.3 is 5.97 Å². The monoisotopic (exact) mass is 348 g/mol. The van der Waals surface area contributed by atoms with Crippen LogP contribution < -0.4 is 0 Å². The highest BCUT2D eigenvalue weighted by Gasteiger charge is 2.26. The Balaban J connectivity index is 1.65. The van der Waals surface area contributed by atoms with Gasteiger partial charge in [0.25, 0.3) is 0 Å². The summed E-state index contributed by atoms with van der Waals surface area (Å²) in [7, 11) is 0. The summed E-state index contributed by atoms with van der Waals surface area (Å²) in [4.78, 5) is 12.3. The SMILES string of the molecule is Cc1cccc(-c2ccn(C(C)(C)CC(=O)OCc3ccccc3)n2)c1. The average molecular weight is 348 g/mol. The molecule has 0 spiro atoms. The molecule has 0 saturated carbocycles. The molecule has 4 heteroatoms. The average Bonchev–Trinajstić information content (AvgIpc) is 3.12. The first-order valence-corrected chi connectivity index (χ1v) is 8.77. The van der Waals surface area contributed by atoms with E-state index in [0.717, 1.165) is 16.8 Å². The smallest absolute Gasteiger partial charge is 0.308 e. The Kier molecular flexibility index (Phi) is 5.21. The van der Waals surface area contributed by atoms with Crippen molar-refractivity contribution >= 4 is 5.97 Å². The predicted octanol–water partition coefficient (Wildman–Crippen LogP) is 4.73. The van der Waals surface area contributed by atoms with E-state index in [9.17, 15) is 4.79 Å². The highest BCUT2D eigenvalue weighted by Crippen LogP contribution is 2.24. The zero-order chi connectivity index (χ0) is 18.6. The summed E-state index contributed by atoms with van der Waals surface area (Å²) >= 11 is 0. The number of nitrogens with zero attached hydrogens (tertiary/aromatic N) is 2. The Morgan fingerprint density at radius 1 is 1.08 bits per heavy atom. The van der Waals surface area contributed by atoms with E-state index in [4.69, 9.17) is 4.74 Å². The molecule has 26 heavy (non-hydrogen) atoms. The molecular weight excluding hydrogens is 324 g/mol. The van der Waals surface area contributed by atoms with Crippen LogP contribution in [-0.2, 0) is 21.7 Å². The minimum atomic E-state index is -0.462. The van der Waals surface area contributed by atoms with Gasteiger partial charge in [0.15, 0.2) is 0 Å². The number of hydrogen-bond acceptors (Lipinski definition) is 3. The van der Waals surface area contributed by atoms with Crippen LogP contribution in [0.5, 0.6) is 0 Å². The van der Waals surface area contributed by atoms with Crippen molar-refractivity contribution in [2.75, 3.05) is 0 Å². The fourth-order valence-electron chi connectivity index (χ4n) is 2.84. The van der Waals surface area contributed by atoms with Crippen LogP contribution in [-0.4, -0.2) is 15.7 Å². The first kappa shape index (κ1) is 17.9. The molecule has 0 aliphatic heterocycles. The molecule has 0 aliphatic carbocycles. The standard InChI is InChI=1S/C22H24N2O2/c1-17-8-7-11-19(14-17)20-12-13-24(23-20)22(2,3)15-21(25)26-16-18-9-5-4-6-10-18/h4-14H,15-16H2,1-3H3. The van der Waals surface area contributed by atoms with Crippen LogP contribution in [0.3, 0.4) is 0 Å². The molecule has 0 atom stereocenters. The minimum Gasteiger partial charge on any atom is -0.461 e. The Bertz CT molecular complexity index is 882. The van der Waals surface area contributed by atoms with Gasteiger partial charge < -0.3 is 4.74 Å². The van der Waals surface area contributed by atoms with Gasteiger partial charge in [-0.05, 0) is 38.5 Å². The van der Waals surface area contributed by atoms with Gasteiger partial charge in [-0.25, -0.2) is 0 Å². The van der Waals surface area contributed by atoms with E-state index < -0.39 is 5.54 Å². The summed E-state index contributed by atoms with van der Waals surface area (Å²) in [6.07, 6.45) is 2.18. The van der Waals surface area contributed by atoms with Crippen molar-refractivity contribution in [3.63, 3.8) is 0 Å². The lowest BCUT2D eigenvalue weighted by Crippen LogP contribution is -2.30. The van der Waals surface area contributed by atoms with E-state index in [-0.39, 0.29) is 12.4 Å². The highest BCUT2D eigenvalue weighted by atomic mass is 16.5. The molecule has 0 aliphatic rings. The van der Waals surface area contributed by atoms with Crippen molar-refractivity contribution in [3.8, 4) is 11.3 Å². The lowest BCUT2D eigenvalue weighted by molar-refractivity contribution is -0.147. The second-order valence-electron chi connectivity index (χ2n) is 7.15. The van der Waals surface area contributed by atoms with E-state index in [1.54, 1.807) is 0 Å². The van der Waals surface area contributed by atoms with Crippen LogP contribution >= 0.6 is 0 Å². The summed E-state index contributed by atoms with van der Waals surface area (Å²) in [5.74, 6) is -0.230. The normalized spacial score (nSPS) is 11.3. The molecule has 0 fully saturated rings. The number of hydrogen-bond donors (Lipinski definition) is 0. The lowest BCUT2D eigenvalue weighted by Gasteiger charge is -2.24. The molecule has 3 rings (SSSR count). The second-order valence-corrected chi connectivity index (χ2v) is 7.15. The molecule has 1 heterocycles. The van der Waals surface area contributed by atoms with Crippen LogP contribution in [0.15, 0.2) is 66.9 Å². The maximum atomic E-state index is 12.3. The largest absolute Gasteiger partial charge is 0.461 e. The number of carbonyl (C=O) groups excluding carboxylic acids is 1. The Morgan fingerprint density at radius 2 is 1.85 bits per heavy atom. The molecule has 0 unspecified atom stereocenters. The Morgan fingerprint density at radius 3 is 2.58 bits per heavy atom. The van der Waals surface area contributed by atoms with Gasteiger partial charge in [0, 0.05) is 11.8 Å². The molecule has 4 nitrogen and oxygen atoms in total. The van der Waals surface area contributed by atoms with Crippen molar-refractivity contribution in [1.82, 2.24) is 9.78 Å². The van der Waals surface area contributed by atoms with Crippen LogP contribution in [0.4, 0.5) is 0 Å². The van der Waals surface area contributed by atoms with Gasteiger partial charge in [0.2, 0.25) is 0 Å². The maximum Gasteiger partial charge on any atom is 0.308 e. The van der Waals surface area contributed by atoms with Gasteiger partial charge in [-0.2, -0.15) is 5.10 Å². The lowest BCUT2D eigenvalue weighted by atomic mass is 10.0. The zero-order valence-electron chi connectivity index (χ0n) is 15.5. The fourth-order valence-corrected chi connectivity index (χ4v) is 2.84. The summed E-state index contributed by atoms with van der Waals surface area (Å²) in [5.41, 5.74) is 3.70. The van der Waals surface area contributed by atoms with Gasteiger partial charge in [-0.1, -0.05) is 54.1 Å².